The second-order valence-corrected chi connectivity index (χ2v) is 6.14. The Morgan fingerprint density at radius 3 is 2.16 bits per heavy atom. The third-order valence-corrected chi connectivity index (χ3v) is 4.25. The normalized spacial score (nSPS) is 11.2. The van der Waals surface area contributed by atoms with E-state index in [0.29, 0.717) is 19.6 Å². The summed E-state index contributed by atoms with van der Waals surface area (Å²) in [6.07, 6.45) is 2.56. The summed E-state index contributed by atoms with van der Waals surface area (Å²) in [5.41, 5.74) is 0.779. The lowest BCUT2D eigenvalue weighted by molar-refractivity contribution is 0.196. The number of hydrogen-bond acceptors (Lipinski definition) is 2. The molecule has 0 saturated carbocycles. The molecule has 0 spiro atoms. The molecule has 5 heteroatoms. The van der Waals surface area contributed by atoms with Gasteiger partial charge < -0.3 is 8.85 Å². The van der Waals surface area contributed by atoms with Crippen molar-refractivity contribution < 1.29 is 17.6 Å². The van der Waals surface area contributed by atoms with Crippen molar-refractivity contribution in [3.63, 3.8) is 0 Å². The Balaban J connectivity index is 2.46. The minimum atomic E-state index is -1.31. The first-order valence-electron chi connectivity index (χ1n) is 6.72. The van der Waals surface area contributed by atoms with Crippen LogP contribution in [0.4, 0.5) is 8.78 Å². The van der Waals surface area contributed by atoms with Crippen LogP contribution in [0.3, 0.4) is 0 Å². The van der Waals surface area contributed by atoms with Crippen LogP contribution in [0.1, 0.15) is 32.3 Å². The van der Waals surface area contributed by atoms with Gasteiger partial charge in [-0.25, -0.2) is 8.78 Å². The average Bonchev–Trinajstić information content (AvgIpc) is 2.41. The molecule has 0 bridgehead atoms. The lowest BCUT2D eigenvalue weighted by Gasteiger charge is -2.14. The van der Waals surface area contributed by atoms with Gasteiger partial charge in [0, 0.05) is 13.2 Å². The summed E-state index contributed by atoms with van der Waals surface area (Å²) in [6.45, 7) is 5.48. The summed E-state index contributed by atoms with van der Waals surface area (Å²) in [7, 11) is -1.31. The van der Waals surface area contributed by atoms with E-state index in [9.17, 15) is 8.78 Å². The molecule has 0 atom stereocenters. The maximum absolute atomic E-state index is 13.1. The summed E-state index contributed by atoms with van der Waals surface area (Å²) in [5.74, 6) is -1.60. The van der Waals surface area contributed by atoms with Crippen molar-refractivity contribution in [3.05, 3.63) is 35.4 Å². The molecule has 0 aliphatic heterocycles. The highest BCUT2D eigenvalue weighted by Gasteiger charge is 2.15. The van der Waals surface area contributed by atoms with Crippen LogP contribution in [-0.4, -0.2) is 22.5 Å². The second kappa shape index (κ2) is 9.17. The van der Waals surface area contributed by atoms with Gasteiger partial charge in [0.25, 0.3) is 0 Å². The number of hydrogen-bond donors (Lipinski definition) is 0. The predicted molar refractivity (Wildman–Crippen MR) is 73.1 cm³/mol. The minimum absolute atomic E-state index is 0.652. The van der Waals surface area contributed by atoms with E-state index in [0.717, 1.165) is 30.5 Å². The molecule has 1 rings (SSSR count). The molecule has 19 heavy (non-hydrogen) atoms. The number of rotatable bonds is 9. The Morgan fingerprint density at radius 2 is 1.63 bits per heavy atom. The molecule has 0 aliphatic carbocycles. The van der Waals surface area contributed by atoms with Crippen molar-refractivity contribution in [1.82, 2.24) is 0 Å². The first-order chi connectivity index (χ1) is 9.17. The van der Waals surface area contributed by atoms with Gasteiger partial charge in [-0.2, -0.15) is 0 Å². The van der Waals surface area contributed by atoms with Crippen LogP contribution in [0.5, 0.6) is 0 Å². The van der Waals surface area contributed by atoms with Gasteiger partial charge >= 0.3 is 9.28 Å². The third-order valence-electron chi connectivity index (χ3n) is 2.54. The number of halogens is 2. The monoisotopic (exact) mass is 287 g/mol. The Labute approximate surface area is 115 Å². The topological polar surface area (TPSA) is 18.5 Å². The smallest absolute Gasteiger partial charge is 0.384 e. The van der Waals surface area contributed by atoms with Crippen molar-refractivity contribution in [2.75, 3.05) is 13.2 Å². The van der Waals surface area contributed by atoms with Crippen LogP contribution in [0.15, 0.2) is 18.2 Å². The van der Waals surface area contributed by atoms with E-state index in [1.807, 2.05) is 0 Å². The highest BCUT2D eigenvalue weighted by molar-refractivity contribution is 6.44. The summed E-state index contributed by atoms with van der Waals surface area (Å²) in [5, 5.41) is 0. The summed E-state index contributed by atoms with van der Waals surface area (Å²) in [4.78, 5) is 0. The molecule has 0 fully saturated rings. The third kappa shape index (κ3) is 6.27. The Morgan fingerprint density at radius 1 is 1.00 bits per heavy atom. The zero-order valence-electron chi connectivity index (χ0n) is 11.5. The van der Waals surface area contributed by atoms with Gasteiger partial charge in [-0.1, -0.05) is 19.9 Å². The molecular weight excluding hydrogens is 266 g/mol. The molecule has 0 amide bonds. The highest BCUT2D eigenvalue weighted by atomic mass is 28.3. The fourth-order valence-corrected chi connectivity index (χ4v) is 3.29. The Hall–Kier alpha value is -0.783. The van der Waals surface area contributed by atoms with Gasteiger partial charge in [0.05, 0.1) is 0 Å². The van der Waals surface area contributed by atoms with E-state index in [1.165, 1.54) is 6.07 Å². The van der Waals surface area contributed by atoms with Gasteiger partial charge in [0.1, 0.15) is 0 Å². The van der Waals surface area contributed by atoms with E-state index in [1.54, 1.807) is 6.07 Å². The molecule has 1 aromatic carbocycles. The molecule has 0 saturated heterocycles. The number of benzene rings is 1. The first kappa shape index (κ1) is 16.3. The summed E-state index contributed by atoms with van der Waals surface area (Å²) < 4.78 is 37.3. The Bertz CT molecular complexity index is 366. The van der Waals surface area contributed by atoms with Crippen LogP contribution in [0.2, 0.25) is 6.04 Å². The first-order valence-corrected chi connectivity index (χ1v) is 8.25. The molecule has 0 heterocycles. The maximum atomic E-state index is 13.1. The second-order valence-electron chi connectivity index (χ2n) is 4.32. The minimum Gasteiger partial charge on any atom is -0.393 e. The highest BCUT2D eigenvalue weighted by Crippen LogP contribution is 2.12. The van der Waals surface area contributed by atoms with Crippen molar-refractivity contribution in [3.8, 4) is 0 Å². The number of aryl methyl sites for hydroxylation is 1. The van der Waals surface area contributed by atoms with Gasteiger partial charge in [-0.3, -0.25) is 0 Å². The predicted octanol–water partition coefficient (Wildman–Crippen LogP) is 3.85. The SMILES string of the molecule is CCCO[Si](CCc1ccc(F)c(F)c1)OCCC. The molecule has 0 unspecified atom stereocenters. The largest absolute Gasteiger partial charge is 0.393 e. The van der Waals surface area contributed by atoms with Gasteiger partial charge in [-0.15, -0.1) is 0 Å². The molecule has 1 aromatic rings. The van der Waals surface area contributed by atoms with Crippen LogP contribution >= 0.6 is 0 Å². The van der Waals surface area contributed by atoms with Crippen LogP contribution in [-0.2, 0) is 15.3 Å². The van der Waals surface area contributed by atoms with E-state index < -0.39 is 20.9 Å². The fraction of sp³-hybridized carbons (Fsp3) is 0.571. The zero-order valence-corrected chi connectivity index (χ0v) is 12.5. The summed E-state index contributed by atoms with van der Waals surface area (Å²) in [6, 6.07) is 4.76. The molecule has 107 valence electrons. The standard InChI is InChI=1S/C14H21F2O2Si/c1-3-8-17-19(18-9-4-2)10-7-12-5-6-13(15)14(16)11-12/h5-6,11H,3-4,7-10H2,1-2H3. The van der Waals surface area contributed by atoms with Crippen molar-refractivity contribution in [2.45, 2.75) is 39.2 Å². The van der Waals surface area contributed by atoms with E-state index in [2.05, 4.69) is 13.8 Å². The summed E-state index contributed by atoms with van der Waals surface area (Å²) >= 11 is 0. The van der Waals surface area contributed by atoms with Crippen LogP contribution in [0, 0.1) is 11.6 Å². The quantitative estimate of drug-likeness (QED) is 0.642. The van der Waals surface area contributed by atoms with E-state index in [4.69, 9.17) is 8.85 Å². The van der Waals surface area contributed by atoms with E-state index in [-0.39, 0.29) is 0 Å². The van der Waals surface area contributed by atoms with Gasteiger partial charge in [-0.05, 0) is 43.0 Å². The zero-order chi connectivity index (χ0) is 14.1. The van der Waals surface area contributed by atoms with Crippen molar-refractivity contribution >= 4 is 9.28 Å². The lowest BCUT2D eigenvalue weighted by atomic mass is 10.2. The lowest BCUT2D eigenvalue weighted by Crippen LogP contribution is -2.24. The molecule has 0 N–H and O–H groups in total. The Kier molecular flexibility index (Phi) is 7.86. The molecule has 2 nitrogen and oxygen atoms in total. The fourth-order valence-electron chi connectivity index (χ4n) is 1.56. The molecule has 0 aromatic heterocycles. The van der Waals surface area contributed by atoms with Crippen molar-refractivity contribution in [2.24, 2.45) is 0 Å². The van der Waals surface area contributed by atoms with Gasteiger partial charge in [0.2, 0.25) is 0 Å². The van der Waals surface area contributed by atoms with E-state index >= 15 is 0 Å². The molecule has 0 aliphatic rings. The van der Waals surface area contributed by atoms with Crippen LogP contribution in [0.25, 0.3) is 0 Å². The maximum Gasteiger partial charge on any atom is 0.384 e. The molecular formula is C14H21F2O2Si. The average molecular weight is 287 g/mol. The molecule has 1 radical (unpaired) electrons. The van der Waals surface area contributed by atoms with Gasteiger partial charge in [0.15, 0.2) is 11.6 Å². The van der Waals surface area contributed by atoms with Crippen molar-refractivity contribution in [1.29, 1.82) is 0 Å². The van der Waals surface area contributed by atoms with Crippen LogP contribution < -0.4 is 0 Å².